The predicted octanol–water partition coefficient (Wildman–Crippen LogP) is 3.26. The highest BCUT2D eigenvalue weighted by atomic mass is 16.6. The molecule has 7 heteroatoms. The Labute approximate surface area is 133 Å². The van der Waals surface area contributed by atoms with E-state index >= 15 is 0 Å². The normalized spacial score (nSPS) is 11.7. The number of hydrogen-bond donors (Lipinski definition) is 2. The monoisotopic (exact) mass is 317 g/mol. The summed E-state index contributed by atoms with van der Waals surface area (Å²) in [5.74, 6) is 0.620. The SMILES string of the molecule is C[C@@H](NC(=O)CCCNc1ccccc1[N+](=O)[O-])c1ccco1. The highest BCUT2D eigenvalue weighted by Gasteiger charge is 2.13. The number of nitrogens with zero attached hydrogens (tertiary/aromatic N) is 1. The van der Waals surface area contributed by atoms with Crippen molar-refractivity contribution in [3.8, 4) is 0 Å². The molecule has 0 fully saturated rings. The lowest BCUT2D eigenvalue weighted by atomic mass is 10.2. The topological polar surface area (TPSA) is 97.4 Å². The fraction of sp³-hybridized carbons (Fsp3) is 0.312. The molecule has 2 aromatic rings. The van der Waals surface area contributed by atoms with Crippen molar-refractivity contribution in [2.75, 3.05) is 11.9 Å². The van der Waals surface area contributed by atoms with Gasteiger partial charge in [0.25, 0.3) is 5.69 Å². The van der Waals surface area contributed by atoms with Gasteiger partial charge < -0.3 is 15.1 Å². The quantitative estimate of drug-likeness (QED) is 0.442. The first-order valence-corrected chi connectivity index (χ1v) is 7.38. The van der Waals surface area contributed by atoms with Crippen LogP contribution in [0.3, 0.4) is 0 Å². The second-order valence-electron chi connectivity index (χ2n) is 5.11. The van der Waals surface area contributed by atoms with Crippen molar-refractivity contribution in [1.82, 2.24) is 5.32 Å². The van der Waals surface area contributed by atoms with Gasteiger partial charge in [-0.25, -0.2) is 0 Å². The van der Waals surface area contributed by atoms with Gasteiger partial charge in [0, 0.05) is 19.0 Å². The molecule has 0 unspecified atom stereocenters. The summed E-state index contributed by atoms with van der Waals surface area (Å²) >= 11 is 0. The number of furan rings is 1. The van der Waals surface area contributed by atoms with Gasteiger partial charge in [-0.2, -0.15) is 0 Å². The number of hydrogen-bond acceptors (Lipinski definition) is 5. The highest BCUT2D eigenvalue weighted by molar-refractivity contribution is 5.76. The third-order valence-corrected chi connectivity index (χ3v) is 3.34. The van der Waals surface area contributed by atoms with Crippen LogP contribution in [0, 0.1) is 10.1 Å². The van der Waals surface area contributed by atoms with Gasteiger partial charge in [-0.15, -0.1) is 0 Å². The van der Waals surface area contributed by atoms with Crippen LogP contribution in [0.2, 0.25) is 0 Å². The van der Waals surface area contributed by atoms with E-state index in [4.69, 9.17) is 4.42 Å². The van der Waals surface area contributed by atoms with E-state index in [-0.39, 0.29) is 17.6 Å². The van der Waals surface area contributed by atoms with E-state index in [0.29, 0.717) is 30.8 Å². The van der Waals surface area contributed by atoms with Gasteiger partial charge in [-0.05, 0) is 31.5 Å². The lowest BCUT2D eigenvalue weighted by Crippen LogP contribution is -2.26. The Hall–Kier alpha value is -2.83. The minimum atomic E-state index is -0.430. The van der Waals surface area contributed by atoms with Crippen molar-refractivity contribution in [3.05, 3.63) is 58.5 Å². The van der Waals surface area contributed by atoms with Crippen molar-refractivity contribution in [1.29, 1.82) is 0 Å². The zero-order valence-corrected chi connectivity index (χ0v) is 12.8. The Morgan fingerprint density at radius 2 is 2.09 bits per heavy atom. The van der Waals surface area contributed by atoms with E-state index in [9.17, 15) is 14.9 Å². The molecule has 1 amide bonds. The summed E-state index contributed by atoms with van der Waals surface area (Å²) in [6.45, 7) is 2.33. The summed E-state index contributed by atoms with van der Waals surface area (Å²) in [5.41, 5.74) is 0.491. The van der Waals surface area contributed by atoms with Crippen LogP contribution >= 0.6 is 0 Å². The van der Waals surface area contributed by atoms with Gasteiger partial charge in [-0.1, -0.05) is 12.1 Å². The van der Waals surface area contributed by atoms with Crippen molar-refractivity contribution >= 4 is 17.3 Å². The average molecular weight is 317 g/mol. The minimum Gasteiger partial charge on any atom is -0.467 e. The van der Waals surface area contributed by atoms with Crippen LogP contribution in [0.25, 0.3) is 0 Å². The van der Waals surface area contributed by atoms with Crippen molar-refractivity contribution in [2.45, 2.75) is 25.8 Å². The molecule has 1 heterocycles. The second kappa shape index (κ2) is 7.98. The zero-order chi connectivity index (χ0) is 16.7. The van der Waals surface area contributed by atoms with E-state index in [1.165, 1.54) is 6.07 Å². The molecule has 0 spiro atoms. The number of nitrogens with one attached hydrogen (secondary N) is 2. The van der Waals surface area contributed by atoms with Gasteiger partial charge >= 0.3 is 0 Å². The molecular formula is C16H19N3O4. The fourth-order valence-electron chi connectivity index (χ4n) is 2.18. The number of carbonyl (C=O) groups is 1. The summed E-state index contributed by atoms with van der Waals surface area (Å²) in [5, 5.41) is 16.7. The molecule has 0 bridgehead atoms. The first kappa shape index (κ1) is 16.5. The standard InChI is InChI=1S/C16H19N3O4/c1-12(15-8-5-11-23-15)18-16(20)9-4-10-17-13-6-2-3-7-14(13)19(21)22/h2-3,5-8,11-12,17H,4,9-10H2,1H3,(H,18,20)/t12-/m1/s1. The molecule has 7 nitrogen and oxygen atoms in total. The number of benzene rings is 1. The number of nitro benzene ring substituents is 1. The molecule has 2 N–H and O–H groups in total. The third-order valence-electron chi connectivity index (χ3n) is 3.34. The van der Waals surface area contributed by atoms with Crippen LogP contribution in [-0.2, 0) is 4.79 Å². The Bertz CT molecular complexity index is 655. The van der Waals surface area contributed by atoms with Gasteiger partial charge in [0.2, 0.25) is 5.91 Å². The molecule has 2 rings (SSSR count). The largest absolute Gasteiger partial charge is 0.467 e. The van der Waals surface area contributed by atoms with E-state index in [1.807, 2.05) is 6.92 Å². The number of rotatable bonds is 8. The van der Waals surface area contributed by atoms with Crippen LogP contribution in [0.15, 0.2) is 47.1 Å². The summed E-state index contributed by atoms with van der Waals surface area (Å²) in [6, 6.07) is 9.84. The van der Waals surface area contributed by atoms with E-state index < -0.39 is 4.92 Å². The van der Waals surface area contributed by atoms with E-state index in [2.05, 4.69) is 10.6 Å². The Kier molecular flexibility index (Phi) is 5.74. The predicted molar refractivity (Wildman–Crippen MR) is 86.1 cm³/mol. The molecule has 0 aliphatic rings. The van der Waals surface area contributed by atoms with E-state index in [1.54, 1.807) is 36.6 Å². The van der Waals surface area contributed by atoms with Crippen LogP contribution in [-0.4, -0.2) is 17.4 Å². The van der Waals surface area contributed by atoms with Gasteiger partial charge in [0.1, 0.15) is 11.4 Å². The summed E-state index contributed by atoms with van der Waals surface area (Å²) in [7, 11) is 0. The van der Waals surface area contributed by atoms with E-state index in [0.717, 1.165) is 0 Å². The van der Waals surface area contributed by atoms with Gasteiger partial charge in [-0.3, -0.25) is 14.9 Å². The van der Waals surface area contributed by atoms with Crippen molar-refractivity contribution < 1.29 is 14.1 Å². The minimum absolute atomic E-state index is 0.0309. The Morgan fingerprint density at radius 1 is 1.30 bits per heavy atom. The number of amides is 1. The summed E-state index contributed by atoms with van der Waals surface area (Å²) in [6.07, 6.45) is 2.47. The lowest BCUT2D eigenvalue weighted by molar-refractivity contribution is -0.384. The first-order chi connectivity index (χ1) is 11.1. The smallest absolute Gasteiger partial charge is 0.292 e. The van der Waals surface area contributed by atoms with Crippen LogP contribution in [0.1, 0.15) is 31.6 Å². The first-order valence-electron chi connectivity index (χ1n) is 7.38. The lowest BCUT2D eigenvalue weighted by Gasteiger charge is -2.11. The molecule has 1 aromatic carbocycles. The molecule has 0 saturated heterocycles. The van der Waals surface area contributed by atoms with Crippen LogP contribution in [0.5, 0.6) is 0 Å². The molecule has 122 valence electrons. The number of anilines is 1. The average Bonchev–Trinajstić information content (AvgIpc) is 3.06. The molecule has 23 heavy (non-hydrogen) atoms. The maximum absolute atomic E-state index is 11.8. The van der Waals surface area contributed by atoms with Gasteiger partial charge in [0.15, 0.2) is 0 Å². The molecule has 1 atom stereocenters. The molecule has 0 aliphatic carbocycles. The van der Waals surface area contributed by atoms with Crippen LogP contribution < -0.4 is 10.6 Å². The van der Waals surface area contributed by atoms with Gasteiger partial charge in [0.05, 0.1) is 17.2 Å². The summed E-state index contributed by atoms with van der Waals surface area (Å²) in [4.78, 5) is 22.3. The maximum Gasteiger partial charge on any atom is 0.292 e. The fourth-order valence-corrected chi connectivity index (χ4v) is 2.18. The molecule has 0 aliphatic heterocycles. The van der Waals surface area contributed by atoms with Crippen molar-refractivity contribution in [2.24, 2.45) is 0 Å². The van der Waals surface area contributed by atoms with Crippen molar-refractivity contribution in [3.63, 3.8) is 0 Å². The highest BCUT2D eigenvalue weighted by Crippen LogP contribution is 2.23. The number of carbonyl (C=O) groups excluding carboxylic acids is 1. The molecule has 0 radical (unpaired) electrons. The van der Waals surface area contributed by atoms with Crippen LogP contribution in [0.4, 0.5) is 11.4 Å². The number of para-hydroxylation sites is 2. The zero-order valence-electron chi connectivity index (χ0n) is 12.8. The molecular weight excluding hydrogens is 298 g/mol. The Morgan fingerprint density at radius 3 is 2.78 bits per heavy atom. The summed E-state index contributed by atoms with van der Waals surface area (Å²) < 4.78 is 5.22. The Balaban J connectivity index is 1.73. The molecule has 0 saturated carbocycles. The number of nitro groups is 1. The second-order valence-corrected chi connectivity index (χ2v) is 5.11. The third kappa shape index (κ3) is 4.84. The molecule has 1 aromatic heterocycles. The maximum atomic E-state index is 11.8.